The minimum atomic E-state index is -0.726. The molecule has 164 valence electrons. The van der Waals surface area contributed by atoms with E-state index in [1.165, 1.54) is 12.1 Å². The molecule has 7 heteroatoms. The number of ether oxygens (including phenoxy) is 1. The fourth-order valence-corrected chi connectivity index (χ4v) is 4.16. The van der Waals surface area contributed by atoms with Crippen LogP contribution in [0.1, 0.15) is 44.9 Å². The van der Waals surface area contributed by atoms with Crippen LogP contribution in [0.15, 0.2) is 30.4 Å². The second-order valence-corrected chi connectivity index (χ2v) is 8.25. The second-order valence-electron chi connectivity index (χ2n) is 7.81. The Bertz CT molecular complexity index is 617. The van der Waals surface area contributed by atoms with Crippen molar-refractivity contribution in [2.24, 2.45) is 11.8 Å². The van der Waals surface area contributed by atoms with Crippen molar-refractivity contribution < 1.29 is 30.3 Å². The van der Waals surface area contributed by atoms with Gasteiger partial charge in [0.25, 0.3) is 0 Å². The maximum absolute atomic E-state index is 10.3. The molecule has 5 N–H and O–H groups in total. The van der Waals surface area contributed by atoms with E-state index >= 15 is 0 Å². The Hall–Kier alpha value is -1.31. The van der Waals surface area contributed by atoms with E-state index in [4.69, 9.17) is 21.4 Å². The molecule has 1 aliphatic rings. The maximum Gasteiger partial charge on any atom is 0.124 e. The maximum atomic E-state index is 10.3. The molecule has 0 saturated heterocycles. The van der Waals surface area contributed by atoms with Gasteiger partial charge in [-0.2, -0.15) is 0 Å². The normalized spacial score (nSPS) is 25.6. The monoisotopic (exact) mass is 428 g/mol. The van der Waals surface area contributed by atoms with Gasteiger partial charge in [0.15, 0.2) is 0 Å². The van der Waals surface area contributed by atoms with Crippen molar-refractivity contribution in [1.82, 2.24) is 0 Å². The van der Waals surface area contributed by atoms with Crippen LogP contribution in [0.2, 0.25) is 5.02 Å². The van der Waals surface area contributed by atoms with Gasteiger partial charge in [-0.15, -0.1) is 0 Å². The van der Waals surface area contributed by atoms with E-state index in [2.05, 4.69) is 6.08 Å². The number of halogens is 1. The van der Waals surface area contributed by atoms with E-state index in [0.29, 0.717) is 36.5 Å². The van der Waals surface area contributed by atoms with Crippen molar-refractivity contribution in [2.75, 3.05) is 13.2 Å². The molecule has 1 aromatic rings. The van der Waals surface area contributed by atoms with Crippen LogP contribution in [0, 0.1) is 11.8 Å². The molecule has 0 heterocycles. The first-order valence-corrected chi connectivity index (χ1v) is 10.7. The predicted octanol–water partition coefficient (Wildman–Crippen LogP) is 3.03. The number of phenols is 1. The Morgan fingerprint density at radius 3 is 2.59 bits per heavy atom. The van der Waals surface area contributed by atoms with Crippen molar-refractivity contribution in [1.29, 1.82) is 0 Å². The van der Waals surface area contributed by atoms with Crippen molar-refractivity contribution in [3.05, 3.63) is 35.4 Å². The highest BCUT2D eigenvalue weighted by Gasteiger charge is 2.40. The lowest BCUT2D eigenvalue weighted by Gasteiger charge is -2.23. The molecule has 0 aromatic heterocycles. The summed E-state index contributed by atoms with van der Waals surface area (Å²) in [6.45, 7) is 0.258. The number of unbranched alkanes of at least 4 members (excludes halogenated alkanes) is 2. The molecule has 1 fully saturated rings. The molecule has 1 aliphatic carbocycles. The zero-order chi connectivity index (χ0) is 21.2. The van der Waals surface area contributed by atoms with E-state index in [9.17, 15) is 20.4 Å². The fourth-order valence-electron chi connectivity index (χ4n) is 3.94. The highest BCUT2D eigenvalue weighted by atomic mass is 35.5. The molecule has 1 aromatic carbocycles. The lowest BCUT2D eigenvalue weighted by molar-refractivity contribution is 0.0669. The predicted molar refractivity (Wildman–Crippen MR) is 112 cm³/mol. The SMILES string of the molecule is OCCCCC=CC[C@@H]1[C@@H](CC[C@@H](O)COc2cc(O)cc(Cl)c2)[C@H](O)C[C@@H]1O. The first-order valence-electron chi connectivity index (χ1n) is 10.3. The van der Waals surface area contributed by atoms with Crippen molar-refractivity contribution in [2.45, 2.75) is 63.3 Å². The highest BCUT2D eigenvalue weighted by Crippen LogP contribution is 2.38. The summed E-state index contributed by atoms with van der Waals surface area (Å²) in [6, 6.07) is 4.39. The van der Waals surface area contributed by atoms with Crippen LogP contribution < -0.4 is 4.74 Å². The van der Waals surface area contributed by atoms with Crippen LogP contribution in [-0.4, -0.2) is 57.1 Å². The third-order valence-corrected chi connectivity index (χ3v) is 5.73. The number of hydrogen-bond donors (Lipinski definition) is 5. The van der Waals surface area contributed by atoms with Gasteiger partial charge in [0.1, 0.15) is 18.1 Å². The Kier molecular flexibility index (Phi) is 10.2. The number of benzene rings is 1. The van der Waals surface area contributed by atoms with Crippen molar-refractivity contribution in [3.8, 4) is 11.5 Å². The Morgan fingerprint density at radius 1 is 1.10 bits per heavy atom. The number of aliphatic hydroxyl groups excluding tert-OH is 4. The van der Waals surface area contributed by atoms with Crippen LogP contribution in [0.25, 0.3) is 0 Å². The minimum Gasteiger partial charge on any atom is -0.508 e. The van der Waals surface area contributed by atoms with Crippen LogP contribution in [0.5, 0.6) is 11.5 Å². The molecule has 5 atom stereocenters. The summed E-state index contributed by atoms with van der Waals surface area (Å²) < 4.78 is 5.50. The molecular weight excluding hydrogens is 396 g/mol. The molecule has 1 saturated carbocycles. The molecule has 2 rings (SSSR count). The summed E-state index contributed by atoms with van der Waals surface area (Å²) in [5.41, 5.74) is 0. The number of allylic oxidation sites excluding steroid dienone is 2. The van der Waals surface area contributed by atoms with Crippen LogP contribution in [0.4, 0.5) is 0 Å². The lowest BCUT2D eigenvalue weighted by Crippen LogP contribution is -2.25. The highest BCUT2D eigenvalue weighted by molar-refractivity contribution is 6.30. The standard InChI is InChI=1S/C22H33ClO6/c23-15-10-17(26)12-18(11-15)29-14-16(25)7-8-20-19(21(27)13-22(20)28)6-4-2-1-3-5-9-24/h2,4,10-12,16,19-22,24-28H,1,3,5-9,13-14H2/t16-,19-,20-,21+,22-/m1/s1. The summed E-state index contributed by atoms with van der Waals surface area (Å²) in [7, 11) is 0. The summed E-state index contributed by atoms with van der Waals surface area (Å²) in [5, 5.41) is 49.5. The van der Waals surface area contributed by atoms with E-state index in [-0.39, 0.29) is 30.8 Å². The molecule has 0 aliphatic heterocycles. The molecule has 6 nitrogen and oxygen atoms in total. The number of rotatable bonds is 12. The van der Waals surface area contributed by atoms with E-state index < -0.39 is 18.3 Å². The molecule has 0 unspecified atom stereocenters. The zero-order valence-corrected chi connectivity index (χ0v) is 17.4. The molecule has 0 spiro atoms. The van der Waals surface area contributed by atoms with Gasteiger partial charge in [0.2, 0.25) is 0 Å². The van der Waals surface area contributed by atoms with Crippen LogP contribution in [-0.2, 0) is 0 Å². The number of aliphatic hydroxyl groups is 4. The van der Waals surface area contributed by atoms with Gasteiger partial charge < -0.3 is 30.3 Å². The summed E-state index contributed by atoms with van der Waals surface area (Å²) in [6.07, 6.45) is 6.96. The van der Waals surface area contributed by atoms with Crippen molar-refractivity contribution >= 4 is 11.6 Å². The molecule has 0 bridgehead atoms. The lowest BCUT2D eigenvalue weighted by atomic mass is 9.86. The Balaban J connectivity index is 1.78. The average Bonchev–Trinajstić information content (AvgIpc) is 2.93. The third kappa shape index (κ3) is 8.15. The first kappa shape index (κ1) is 24.0. The summed E-state index contributed by atoms with van der Waals surface area (Å²) >= 11 is 5.86. The Morgan fingerprint density at radius 2 is 1.86 bits per heavy atom. The van der Waals surface area contributed by atoms with E-state index in [1.807, 2.05) is 6.08 Å². The molecular formula is C22H33ClO6. The largest absolute Gasteiger partial charge is 0.508 e. The smallest absolute Gasteiger partial charge is 0.124 e. The van der Waals surface area contributed by atoms with Gasteiger partial charge in [0, 0.05) is 17.7 Å². The van der Waals surface area contributed by atoms with Gasteiger partial charge in [-0.3, -0.25) is 0 Å². The van der Waals surface area contributed by atoms with Gasteiger partial charge in [-0.25, -0.2) is 0 Å². The van der Waals surface area contributed by atoms with E-state index in [1.54, 1.807) is 6.07 Å². The molecule has 0 amide bonds. The fraction of sp³-hybridized carbons (Fsp3) is 0.636. The number of phenolic OH excluding ortho intramolecular Hbond substituents is 1. The third-order valence-electron chi connectivity index (χ3n) is 5.51. The van der Waals surface area contributed by atoms with Gasteiger partial charge >= 0.3 is 0 Å². The number of aromatic hydroxyl groups is 1. The zero-order valence-electron chi connectivity index (χ0n) is 16.7. The van der Waals surface area contributed by atoms with Gasteiger partial charge in [0.05, 0.1) is 18.3 Å². The number of hydrogen-bond acceptors (Lipinski definition) is 6. The molecule has 0 radical (unpaired) electrons. The second kappa shape index (κ2) is 12.4. The molecule has 29 heavy (non-hydrogen) atoms. The Labute approximate surface area is 177 Å². The summed E-state index contributed by atoms with van der Waals surface area (Å²) in [5.74, 6) is 0.279. The topological polar surface area (TPSA) is 110 Å². The van der Waals surface area contributed by atoms with Crippen molar-refractivity contribution in [3.63, 3.8) is 0 Å². The average molecular weight is 429 g/mol. The minimum absolute atomic E-state index is 0.00249. The van der Waals surface area contributed by atoms with Gasteiger partial charge in [-0.05, 0) is 68.9 Å². The van der Waals surface area contributed by atoms with Crippen LogP contribution >= 0.6 is 11.6 Å². The van der Waals surface area contributed by atoms with Crippen LogP contribution in [0.3, 0.4) is 0 Å². The first-order chi connectivity index (χ1) is 13.9. The quantitative estimate of drug-likeness (QED) is 0.258. The summed E-state index contributed by atoms with van der Waals surface area (Å²) in [4.78, 5) is 0. The van der Waals surface area contributed by atoms with Gasteiger partial charge in [-0.1, -0.05) is 23.8 Å². The van der Waals surface area contributed by atoms with E-state index in [0.717, 1.165) is 19.3 Å².